The molecule has 0 saturated heterocycles. The number of hydrogen-bond acceptors (Lipinski definition) is 2. The van der Waals surface area contributed by atoms with Crippen LogP contribution in [0.3, 0.4) is 0 Å². The van der Waals surface area contributed by atoms with Gasteiger partial charge in [-0.1, -0.05) is 13.8 Å². The van der Waals surface area contributed by atoms with Crippen molar-refractivity contribution in [3.63, 3.8) is 0 Å². The summed E-state index contributed by atoms with van der Waals surface area (Å²) in [6.07, 6.45) is 0.253. The van der Waals surface area contributed by atoms with Crippen molar-refractivity contribution in [1.29, 1.82) is 0 Å². The zero-order chi connectivity index (χ0) is 12.1. The summed E-state index contributed by atoms with van der Waals surface area (Å²) in [6, 6.07) is 1.45. The summed E-state index contributed by atoms with van der Waals surface area (Å²) in [7, 11) is 1.22. The van der Waals surface area contributed by atoms with E-state index in [4.69, 9.17) is 0 Å². The van der Waals surface area contributed by atoms with Gasteiger partial charge in [0.05, 0.1) is 12.8 Å². The summed E-state index contributed by atoms with van der Waals surface area (Å²) in [4.78, 5) is 13.7. The molecular formula is C11H13F2NO2. The normalized spacial score (nSPS) is 20.6. The molecule has 0 aliphatic heterocycles. The number of H-pyrrole nitrogens is 1. The van der Waals surface area contributed by atoms with Crippen LogP contribution >= 0.6 is 0 Å². The minimum atomic E-state index is -2.94. The van der Waals surface area contributed by atoms with Crippen molar-refractivity contribution in [1.82, 2.24) is 4.98 Å². The lowest BCUT2D eigenvalue weighted by Gasteiger charge is -2.26. The number of fused-ring (bicyclic) bond motifs is 1. The molecule has 0 fully saturated rings. The van der Waals surface area contributed by atoms with Gasteiger partial charge in [-0.2, -0.15) is 8.78 Å². The van der Waals surface area contributed by atoms with Crippen LogP contribution < -0.4 is 0 Å². The number of hydrogen-bond donors (Lipinski definition) is 1. The molecule has 0 atom stereocenters. The molecule has 5 heteroatoms. The molecule has 1 N–H and O–H groups in total. The van der Waals surface area contributed by atoms with Crippen molar-refractivity contribution in [3.8, 4) is 0 Å². The summed E-state index contributed by atoms with van der Waals surface area (Å²) in [6.45, 7) is 3.03. The molecule has 0 bridgehead atoms. The van der Waals surface area contributed by atoms with Gasteiger partial charge in [0.15, 0.2) is 0 Å². The van der Waals surface area contributed by atoms with Gasteiger partial charge in [-0.15, -0.1) is 0 Å². The second kappa shape index (κ2) is 3.06. The molecule has 16 heavy (non-hydrogen) atoms. The Balaban J connectivity index is 2.46. The number of aromatic amines is 1. The van der Waals surface area contributed by atoms with Gasteiger partial charge in [-0.05, 0) is 18.1 Å². The Labute approximate surface area is 91.8 Å². The van der Waals surface area contributed by atoms with Crippen LogP contribution in [0.4, 0.5) is 8.78 Å². The number of methoxy groups -OCH3 is 1. The molecule has 0 aromatic carbocycles. The lowest BCUT2D eigenvalue weighted by molar-refractivity contribution is -0.102. The van der Waals surface area contributed by atoms with Crippen molar-refractivity contribution >= 4 is 5.97 Å². The fourth-order valence-corrected chi connectivity index (χ4v) is 2.06. The maximum atomic E-state index is 13.9. The van der Waals surface area contributed by atoms with E-state index in [1.54, 1.807) is 0 Å². The first-order valence-corrected chi connectivity index (χ1v) is 4.98. The molecular weight excluding hydrogens is 216 g/mol. The third kappa shape index (κ3) is 1.27. The third-order valence-corrected chi connectivity index (χ3v) is 3.10. The Bertz CT molecular complexity index is 449. The average molecular weight is 229 g/mol. The number of rotatable bonds is 1. The fourth-order valence-electron chi connectivity index (χ4n) is 2.06. The molecule has 1 aliphatic carbocycles. The van der Waals surface area contributed by atoms with E-state index in [1.165, 1.54) is 27.0 Å². The highest BCUT2D eigenvalue weighted by atomic mass is 19.3. The first-order valence-electron chi connectivity index (χ1n) is 4.98. The number of nitrogens with one attached hydrogen (secondary N) is 1. The van der Waals surface area contributed by atoms with Crippen LogP contribution in [0.1, 0.15) is 35.6 Å². The van der Waals surface area contributed by atoms with Crippen LogP contribution in [0.25, 0.3) is 0 Å². The van der Waals surface area contributed by atoms with Crippen LogP contribution in [0.5, 0.6) is 0 Å². The molecule has 1 aliphatic rings. The zero-order valence-corrected chi connectivity index (χ0v) is 9.36. The van der Waals surface area contributed by atoms with Crippen LogP contribution in [0.15, 0.2) is 6.07 Å². The lowest BCUT2D eigenvalue weighted by Crippen LogP contribution is -2.30. The molecule has 1 aromatic rings. The van der Waals surface area contributed by atoms with Gasteiger partial charge in [0.1, 0.15) is 5.69 Å². The van der Waals surface area contributed by atoms with Crippen LogP contribution in [-0.4, -0.2) is 18.1 Å². The van der Waals surface area contributed by atoms with E-state index in [9.17, 15) is 13.6 Å². The molecule has 0 amide bonds. The van der Waals surface area contributed by atoms with Gasteiger partial charge in [0, 0.05) is 5.41 Å². The number of halogens is 2. The van der Waals surface area contributed by atoms with Gasteiger partial charge < -0.3 is 9.72 Å². The summed E-state index contributed by atoms with van der Waals surface area (Å²) in [5, 5.41) is 0. The van der Waals surface area contributed by atoms with Crippen molar-refractivity contribution in [2.45, 2.75) is 26.2 Å². The SMILES string of the molecule is COC(=O)c1cc2c([nH]1)C(F)(F)C(C)(C)C2. The summed E-state index contributed by atoms with van der Waals surface area (Å²) >= 11 is 0. The number of carbonyl (C=O) groups is 1. The van der Waals surface area contributed by atoms with Gasteiger partial charge >= 0.3 is 5.97 Å². The maximum Gasteiger partial charge on any atom is 0.354 e. The predicted octanol–water partition coefficient (Wildman–Crippen LogP) is 2.48. The minimum Gasteiger partial charge on any atom is -0.464 e. The van der Waals surface area contributed by atoms with Crippen LogP contribution in [-0.2, 0) is 17.1 Å². The topological polar surface area (TPSA) is 42.1 Å². The predicted molar refractivity (Wildman–Crippen MR) is 53.5 cm³/mol. The lowest BCUT2D eigenvalue weighted by atomic mass is 9.87. The van der Waals surface area contributed by atoms with Gasteiger partial charge in [-0.25, -0.2) is 4.79 Å². The van der Waals surface area contributed by atoms with E-state index in [-0.39, 0.29) is 17.8 Å². The summed E-state index contributed by atoms with van der Waals surface area (Å²) in [5.74, 6) is -3.56. The maximum absolute atomic E-state index is 13.9. The van der Waals surface area contributed by atoms with Crippen molar-refractivity contribution in [2.24, 2.45) is 5.41 Å². The van der Waals surface area contributed by atoms with Crippen LogP contribution in [0, 0.1) is 5.41 Å². The number of carbonyl (C=O) groups excluding carboxylic acids is 1. The average Bonchev–Trinajstić information content (AvgIpc) is 2.65. The van der Waals surface area contributed by atoms with E-state index in [2.05, 4.69) is 9.72 Å². The standard InChI is InChI=1S/C11H13F2NO2/c1-10(2)5-6-4-7(9(15)16-3)14-8(6)11(10,12)13/h4,14H,5H2,1-3H3. The smallest absolute Gasteiger partial charge is 0.354 e. The molecule has 0 unspecified atom stereocenters. The number of aromatic nitrogens is 1. The van der Waals surface area contributed by atoms with E-state index >= 15 is 0 Å². The summed E-state index contributed by atoms with van der Waals surface area (Å²) < 4.78 is 32.3. The first-order chi connectivity index (χ1) is 7.29. The molecule has 3 nitrogen and oxygen atoms in total. The Morgan fingerprint density at radius 3 is 2.62 bits per heavy atom. The second-order valence-corrected chi connectivity index (χ2v) is 4.71. The van der Waals surface area contributed by atoms with E-state index < -0.39 is 17.3 Å². The van der Waals surface area contributed by atoms with E-state index in [1.807, 2.05) is 0 Å². The highest BCUT2D eigenvalue weighted by Crippen LogP contribution is 2.53. The number of esters is 1. The molecule has 88 valence electrons. The molecule has 0 saturated carbocycles. The van der Waals surface area contributed by atoms with E-state index in [0.29, 0.717) is 5.56 Å². The Hall–Kier alpha value is -1.39. The van der Waals surface area contributed by atoms with E-state index in [0.717, 1.165) is 0 Å². The molecule has 1 aromatic heterocycles. The first kappa shape index (κ1) is 11.1. The van der Waals surface area contributed by atoms with Crippen molar-refractivity contribution < 1.29 is 18.3 Å². The summed E-state index contributed by atoms with van der Waals surface area (Å²) in [5.41, 5.74) is -0.681. The Morgan fingerprint density at radius 1 is 1.50 bits per heavy atom. The monoisotopic (exact) mass is 229 g/mol. The molecule has 1 heterocycles. The Kier molecular flexibility index (Phi) is 2.12. The van der Waals surface area contributed by atoms with Crippen molar-refractivity contribution in [2.75, 3.05) is 7.11 Å². The van der Waals surface area contributed by atoms with Gasteiger partial charge in [-0.3, -0.25) is 0 Å². The highest BCUT2D eigenvalue weighted by molar-refractivity contribution is 5.88. The molecule has 0 spiro atoms. The molecule has 2 rings (SSSR count). The molecule has 0 radical (unpaired) electrons. The minimum absolute atomic E-state index is 0.0858. The largest absolute Gasteiger partial charge is 0.464 e. The fraction of sp³-hybridized carbons (Fsp3) is 0.545. The number of alkyl halides is 2. The number of ether oxygens (including phenoxy) is 1. The van der Waals surface area contributed by atoms with Crippen molar-refractivity contribution in [3.05, 3.63) is 23.0 Å². The van der Waals surface area contributed by atoms with Crippen LogP contribution in [0.2, 0.25) is 0 Å². The van der Waals surface area contributed by atoms with Gasteiger partial charge in [0.25, 0.3) is 5.92 Å². The zero-order valence-electron chi connectivity index (χ0n) is 9.36. The quantitative estimate of drug-likeness (QED) is 0.751. The second-order valence-electron chi connectivity index (χ2n) is 4.71. The Morgan fingerprint density at radius 2 is 2.12 bits per heavy atom. The highest BCUT2D eigenvalue weighted by Gasteiger charge is 2.55. The third-order valence-electron chi connectivity index (χ3n) is 3.10. The van der Waals surface area contributed by atoms with Gasteiger partial charge in [0.2, 0.25) is 0 Å².